The Kier molecular flexibility index (Phi) is 6.64. The molecule has 0 radical (unpaired) electrons. The zero-order valence-electron chi connectivity index (χ0n) is 22.8. The van der Waals surface area contributed by atoms with Gasteiger partial charge >= 0.3 is 6.03 Å². The van der Waals surface area contributed by atoms with E-state index in [2.05, 4.69) is 51.6 Å². The Morgan fingerprint density at radius 2 is 1.66 bits per heavy atom. The molecule has 2 amide bonds. The molecule has 3 aromatic heterocycles. The van der Waals surface area contributed by atoms with E-state index in [0.717, 1.165) is 28.0 Å². The van der Waals surface area contributed by atoms with Crippen LogP contribution in [0.3, 0.4) is 0 Å². The Balaban J connectivity index is 1.18. The van der Waals surface area contributed by atoms with Crippen LogP contribution in [0.15, 0.2) is 97.5 Å². The van der Waals surface area contributed by atoms with E-state index in [4.69, 9.17) is 9.84 Å². The van der Waals surface area contributed by atoms with Crippen LogP contribution >= 0.6 is 0 Å². The topological polar surface area (TPSA) is 123 Å². The number of anilines is 2. The van der Waals surface area contributed by atoms with Gasteiger partial charge in [-0.3, -0.25) is 10.4 Å². The molecular weight excluding hydrogens is 516 g/mol. The molecule has 0 unspecified atom stereocenters. The van der Waals surface area contributed by atoms with Crippen molar-refractivity contribution >= 4 is 28.6 Å². The number of urea groups is 1. The van der Waals surface area contributed by atoms with Crippen molar-refractivity contribution in [3.63, 3.8) is 0 Å². The minimum absolute atomic E-state index is 0.181. The van der Waals surface area contributed by atoms with Crippen molar-refractivity contribution in [1.29, 1.82) is 0 Å². The molecule has 0 aliphatic carbocycles. The standard InChI is InChI=1S/C31H28N8O2/c1-31(2,3)26-17-27(39(38-26)21-9-5-4-6-10-21)36-30(40)35-20-13-15-22(16-14-20)41-25-12-8-7-11-23(25)28-24-18-34-37-29(24)33-19-32-28/h4-19H,1-3H3,(H2,35,36,40)(H,32,33,34,37). The van der Waals surface area contributed by atoms with E-state index in [0.29, 0.717) is 28.7 Å². The number of aromatic amines is 1. The van der Waals surface area contributed by atoms with Gasteiger partial charge in [0.2, 0.25) is 0 Å². The fourth-order valence-corrected chi connectivity index (χ4v) is 4.35. The largest absolute Gasteiger partial charge is 0.457 e. The number of H-pyrrole nitrogens is 1. The summed E-state index contributed by atoms with van der Waals surface area (Å²) in [5.74, 6) is 1.82. The Labute approximate surface area is 236 Å². The highest BCUT2D eigenvalue weighted by Crippen LogP contribution is 2.35. The first-order valence-corrected chi connectivity index (χ1v) is 13.1. The molecular formula is C31H28N8O2. The minimum Gasteiger partial charge on any atom is -0.457 e. The second kappa shape index (κ2) is 10.6. The highest BCUT2D eigenvalue weighted by molar-refractivity contribution is 5.99. The van der Waals surface area contributed by atoms with Gasteiger partial charge in [0.25, 0.3) is 0 Å². The van der Waals surface area contributed by atoms with Crippen LogP contribution in [0, 0.1) is 0 Å². The average molecular weight is 545 g/mol. The average Bonchev–Trinajstić information content (AvgIpc) is 3.62. The summed E-state index contributed by atoms with van der Waals surface area (Å²) in [5, 5.41) is 18.3. The van der Waals surface area contributed by atoms with Crippen LogP contribution in [0.4, 0.5) is 16.3 Å². The van der Waals surface area contributed by atoms with E-state index in [9.17, 15) is 4.79 Å². The van der Waals surface area contributed by atoms with E-state index in [1.54, 1.807) is 35.1 Å². The zero-order valence-corrected chi connectivity index (χ0v) is 22.8. The predicted molar refractivity (Wildman–Crippen MR) is 159 cm³/mol. The number of hydrogen-bond donors (Lipinski definition) is 3. The third-order valence-corrected chi connectivity index (χ3v) is 6.45. The van der Waals surface area contributed by atoms with Gasteiger partial charge in [-0.2, -0.15) is 10.2 Å². The highest BCUT2D eigenvalue weighted by atomic mass is 16.5. The van der Waals surface area contributed by atoms with Gasteiger partial charge in [0.15, 0.2) is 5.65 Å². The molecule has 10 heteroatoms. The summed E-state index contributed by atoms with van der Waals surface area (Å²) in [6.07, 6.45) is 3.19. The lowest BCUT2D eigenvalue weighted by atomic mass is 9.92. The van der Waals surface area contributed by atoms with E-state index >= 15 is 0 Å². The first-order valence-electron chi connectivity index (χ1n) is 13.1. The molecule has 204 valence electrons. The number of aromatic nitrogens is 6. The SMILES string of the molecule is CC(C)(C)c1cc(NC(=O)Nc2ccc(Oc3ccccc3-c3ncnc4[nH]ncc34)cc2)n(-c2ccccc2)n1. The number of carbonyl (C=O) groups excluding carboxylic acids is 1. The lowest BCUT2D eigenvalue weighted by molar-refractivity contribution is 0.262. The molecule has 3 N–H and O–H groups in total. The number of hydrogen-bond acceptors (Lipinski definition) is 6. The molecule has 0 aliphatic rings. The lowest BCUT2D eigenvalue weighted by Crippen LogP contribution is -2.21. The molecule has 0 atom stereocenters. The molecule has 0 aliphatic heterocycles. The summed E-state index contributed by atoms with van der Waals surface area (Å²) in [6, 6.07) is 26.0. The number of para-hydroxylation sites is 2. The highest BCUT2D eigenvalue weighted by Gasteiger charge is 2.21. The van der Waals surface area contributed by atoms with Crippen LogP contribution in [0.25, 0.3) is 28.0 Å². The van der Waals surface area contributed by atoms with E-state index in [1.165, 1.54) is 6.33 Å². The number of amides is 2. The van der Waals surface area contributed by atoms with Crippen molar-refractivity contribution in [3.8, 4) is 28.4 Å². The van der Waals surface area contributed by atoms with Crippen molar-refractivity contribution in [2.24, 2.45) is 0 Å². The van der Waals surface area contributed by atoms with Gasteiger partial charge in [-0.15, -0.1) is 0 Å². The Morgan fingerprint density at radius 3 is 2.44 bits per heavy atom. The van der Waals surface area contributed by atoms with E-state index < -0.39 is 0 Å². The second-order valence-electron chi connectivity index (χ2n) is 10.5. The molecule has 0 spiro atoms. The normalized spacial score (nSPS) is 11.4. The van der Waals surface area contributed by atoms with Crippen molar-refractivity contribution in [1.82, 2.24) is 29.9 Å². The molecule has 3 heterocycles. The number of fused-ring (bicyclic) bond motifs is 1. The molecule has 0 saturated heterocycles. The number of benzene rings is 3. The van der Waals surface area contributed by atoms with E-state index in [1.807, 2.05) is 60.7 Å². The van der Waals surface area contributed by atoms with Gasteiger partial charge in [0.1, 0.15) is 23.6 Å². The van der Waals surface area contributed by atoms with Gasteiger partial charge in [-0.1, -0.05) is 51.1 Å². The summed E-state index contributed by atoms with van der Waals surface area (Å²) >= 11 is 0. The molecule has 3 aromatic carbocycles. The number of rotatable bonds is 6. The monoisotopic (exact) mass is 544 g/mol. The zero-order chi connectivity index (χ0) is 28.4. The van der Waals surface area contributed by atoms with Crippen molar-refractivity contribution < 1.29 is 9.53 Å². The van der Waals surface area contributed by atoms with Gasteiger partial charge in [-0.25, -0.2) is 19.4 Å². The summed E-state index contributed by atoms with van der Waals surface area (Å²) in [6.45, 7) is 6.26. The second-order valence-corrected chi connectivity index (χ2v) is 10.5. The molecule has 0 saturated carbocycles. The fourth-order valence-electron chi connectivity index (χ4n) is 4.35. The van der Waals surface area contributed by atoms with Crippen LogP contribution in [0.2, 0.25) is 0 Å². The Hall–Kier alpha value is -5.51. The van der Waals surface area contributed by atoms with Gasteiger partial charge in [-0.05, 0) is 48.5 Å². The van der Waals surface area contributed by atoms with Gasteiger partial charge in [0, 0.05) is 22.7 Å². The van der Waals surface area contributed by atoms with Crippen LogP contribution < -0.4 is 15.4 Å². The van der Waals surface area contributed by atoms with Crippen LogP contribution in [-0.4, -0.2) is 36.0 Å². The quantitative estimate of drug-likeness (QED) is 0.209. The van der Waals surface area contributed by atoms with Crippen molar-refractivity contribution in [2.45, 2.75) is 26.2 Å². The first kappa shape index (κ1) is 25.8. The maximum atomic E-state index is 13.0. The maximum Gasteiger partial charge on any atom is 0.324 e. The van der Waals surface area contributed by atoms with Gasteiger partial charge in [0.05, 0.1) is 28.7 Å². The summed E-state index contributed by atoms with van der Waals surface area (Å²) in [7, 11) is 0. The lowest BCUT2D eigenvalue weighted by Gasteiger charge is -2.14. The van der Waals surface area contributed by atoms with E-state index in [-0.39, 0.29) is 11.4 Å². The Morgan fingerprint density at radius 1 is 0.902 bits per heavy atom. The van der Waals surface area contributed by atoms with Gasteiger partial charge < -0.3 is 10.1 Å². The number of ether oxygens (including phenoxy) is 1. The number of carbonyl (C=O) groups is 1. The summed E-state index contributed by atoms with van der Waals surface area (Å²) < 4.78 is 7.95. The third-order valence-electron chi connectivity index (χ3n) is 6.45. The summed E-state index contributed by atoms with van der Waals surface area (Å²) in [5.41, 5.74) is 4.34. The molecule has 0 bridgehead atoms. The molecule has 41 heavy (non-hydrogen) atoms. The molecule has 0 fully saturated rings. The smallest absolute Gasteiger partial charge is 0.324 e. The minimum atomic E-state index is -0.380. The van der Waals surface area contributed by atoms with Crippen molar-refractivity contribution in [3.05, 3.63) is 103 Å². The summed E-state index contributed by atoms with van der Waals surface area (Å²) in [4.78, 5) is 21.7. The van der Waals surface area contributed by atoms with Crippen LogP contribution in [0.5, 0.6) is 11.5 Å². The first-order chi connectivity index (χ1) is 19.8. The number of nitrogens with one attached hydrogen (secondary N) is 3. The Bertz CT molecular complexity index is 1820. The van der Waals surface area contributed by atoms with Crippen LogP contribution in [-0.2, 0) is 5.41 Å². The predicted octanol–water partition coefficient (Wildman–Crippen LogP) is 6.94. The fraction of sp³-hybridized carbons (Fsp3) is 0.129. The maximum absolute atomic E-state index is 13.0. The molecule has 6 aromatic rings. The molecule has 10 nitrogen and oxygen atoms in total. The van der Waals surface area contributed by atoms with Crippen molar-refractivity contribution in [2.75, 3.05) is 10.6 Å². The van der Waals surface area contributed by atoms with Crippen LogP contribution in [0.1, 0.15) is 26.5 Å². The third kappa shape index (κ3) is 5.48. The number of nitrogens with zero attached hydrogens (tertiary/aromatic N) is 5. The molecule has 6 rings (SSSR count).